The first-order valence-corrected chi connectivity index (χ1v) is 7.88. The lowest BCUT2D eigenvalue weighted by molar-refractivity contribution is 0.0697. The second kappa shape index (κ2) is 6.33. The van der Waals surface area contributed by atoms with Gasteiger partial charge in [-0.05, 0) is 42.0 Å². The van der Waals surface area contributed by atoms with Crippen LogP contribution >= 0.6 is 0 Å². The predicted octanol–water partition coefficient (Wildman–Crippen LogP) is 4.83. The minimum Gasteiger partial charge on any atom is -0.478 e. The molecule has 1 heterocycles. The fraction of sp³-hybridized carbons (Fsp3) is 0.500. The largest absolute Gasteiger partial charge is 0.478 e. The van der Waals surface area contributed by atoms with E-state index in [4.69, 9.17) is 0 Å². The molecule has 1 N–H and O–H groups in total. The Kier molecular flexibility index (Phi) is 4.71. The van der Waals surface area contributed by atoms with Crippen molar-refractivity contribution in [3.05, 3.63) is 35.0 Å². The van der Waals surface area contributed by atoms with Crippen molar-refractivity contribution in [1.82, 2.24) is 4.57 Å². The van der Waals surface area contributed by atoms with Crippen LogP contribution < -0.4 is 0 Å². The van der Waals surface area contributed by atoms with Crippen molar-refractivity contribution in [3.8, 4) is 0 Å². The fourth-order valence-corrected chi connectivity index (χ4v) is 2.89. The minimum absolute atomic E-state index is 0.312. The molecule has 0 saturated carbocycles. The Hall–Kier alpha value is -1.77. The van der Waals surface area contributed by atoms with E-state index in [0.717, 1.165) is 36.8 Å². The molecule has 0 fully saturated rings. The Labute approximate surface area is 126 Å². The molecule has 0 aliphatic carbocycles. The van der Waals surface area contributed by atoms with Crippen molar-refractivity contribution in [1.29, 1.82) is 0 Å². The quantitative estimate of drug-likeness (QED) is 0.827. The van der Waals surface area contributed by atoms with Gasteiger partial charge in [0.05, 0.1) is 11.1 Å². The second-order valence-corrected chi connectivity index (χ2v) is 5.98. The lowest BCUT2D eigenvalue weighted by Crippen LogP contribution is -2.03. The van der Waals surface area contributed by atoms with Crippen molar-refractivity contribution >= 4 is 16.9 Å². The second-order valence-electron chi connectivity index (χ2n) is 5.98. The molecule has 3 nitrogen and oxygen atoms in total. The van der Waals surface area contributed by atoms with Gasteiger partial charge in [-0.15, -0.1) is 0 Å². The van der Waals surface area contributed by atoms with Gasteiger partial charge in [-0.3, -0.25) is 0 Å². The maximum Gasteiger partial charge on any atom is 0.335 e. The summed E-state index contributed by atoms with van der Waals surface area (Å²) in [7, 11) is 0. The molecule has 0 aliphatic rings. The lowest BCUT2D eigenvalue weighted by atomic mass is 9.96. The molecule has 0 bridgehead atoms. The van der Waals surface area contributed by atoms with Crippen LogP contribution in [0.3, 0.4) is 0 Å². The van der Waals surface area contributed by atoms with E-state index < -0.39 is 5.97 Å². The van der Waals surface area contributed by atoms with Gasteiger partial charge in [0.25, 0.3) is 0 Å². The molecule has 21 heavy (non-hydrogen) atoms. The number of unbranched alkanes of at least 4 members (excludes halogenated alkanes) is 1. The van der Waals surface area contributed by atoms with Gasteiger partial charge >= 0.3 is 5.97 Å². The molecule has 1 aromatic carbocycles. The number of hydrogen-bond donors (Lipinski definition) is 1. The summed E-state index contributed by atoms with van der Waals surface area (Å²) in [5.74, 6) is -0.533. The smallest absolute Gasteiger partial charge is 0.335 e. The number of fused-ring (bicyclic) bond motifs is 1. The summed E-state index contributed by atoms with van der Waals surface area (Å²) in [4.78, 5) is 11.4. The van der Waals surface area contributed by atoms with Gasteiger partial charge in [0, 0.05) is 18.1 Å². The zero-order chi connectivity index (χ0) is 15.6. The molecule has 114 valence electrons. The number of carboxylic acids is 1. The summed E-state index contributed by atoms with van der Waals surface area (Å²) in [5, 5.41) is 10.5. The van der Waals surface area contributed by atoms with E-state index in [1.807, 2.05) is 12.1 Å². The molecule has 0 amide bonds. The monoisotopic (exact) mass is 287 g/mol. The highest BCUT2D eigenvalue weighted by Gasteiger charge is 2.17. The van der Waals surface area contributed by atoms with E-state index >= 15 is 0 Å². The normalized spacial score (nSPS) is 11.5. The number of aryl methyl sites for hydroxylation is 2. The summed E-state index contributed by atoms with van der Waals surface area (Å²) >= 11 is 0. The fourth-order valence-electron chi connectivity index (χ4n) is 2.89. The third-order valence-electron chi connectivity index (χ3n) is 4.09. The highest BCUT2D eigenvalue weighted by molar-refractivity contribution is 5.97. The Morgan fingerprint density at radius 3 is 2.52 bits per heavy atom. The van der Waals surface area contributed by atoms with E-state index in [-0.39, 0.29) is 0 Å². The van der Waals surface area contributed by atoms with Gasteiger partial charge < -0.3 is 9.67 Å². The van der Waals surface area contributed by atoms with Crippen molar-refractivity contribution in [2.75, 3.05) is 0 Å². The summed E-state index contributed by atoms with van der Waals surface area (Å²) < 4.78 is 2.32. The SMILES string of the molecule is CCCCn1cc(CC)c2cc(C(=O)O)cc(C(C)C)c21. The summed E-state index contributed by atoms with van der Waals surface area (Å²) in [6, 6.07) is 3.68. The maximum absolute atomic E-state index is 11.4. The van der Waals surface area contributed by atoms with Gasteiger partial charge in [0.2, 0.25) is 0 Å². The van der Waals surface area contributed by atoms with Crippen LogP contribution in [0.4, 0.5) is 0 Å². The molecule has 1 aromatic heterocycles. The molecule has 0 unspecified atom stereocenters. The minimum atomic E-state index is -0.845. The van der Waals surface area contributed by atoms with Gasteiger partial charge in [-0.2, -0.15) is 0 Å². The van der Waals surface area contributed by atoms with Crippen molar-refractivity contribution in [3.63, 3.8) is 0 Å². The summed E-state index contributed by atoms with van der Waals surface area (Å²) in [5.41, 5.74) is 4.00. The van der Waals surface area contributed by atoms with E-state index in [1.54, 1.807) is 0 Å². The Balaban J connectivity index is 2.74. The number of aromatic carboxylic acids is 1. The maximum atomic E-state index is 11.4. The number of benzene rings is 1. The third-order valence-corrected chi connectivity index (χ3v) is 4.09. The number of carbonyl (C=O) groups is 1. The Morgan fingerprint density at radius 2 is 2.00 bits per heavy atom. The number of nitrogens with zero attached hydrogens (tertiary/aromatic N) is 1. The average molecular weight is 287 g/mol. The van der Waals surface area contributed by atoms with Crippen molar-refractivity contribution < 1.29 is 9.90 Å². The predicted molar refractivity (Wildman–Crippen MR) is 87.3 cm³/mol. The third kappa shape index (κ3) is 2.97. The Bertz CT molecular complexity index is 653. The summed E-state index contributed by atoms with van der Waals surface area (Å²) in [6.07, 6.45) is 5.44. The molecule has 3 heteroatoms. The topological polar surface area (TPSA) is 42.2 Å². The van der Waals surface area contributed by atoms with Gasteiger partial charge in [-0.1, -0.05) is 34.1 Å². The van der Waals surface area contributed by atoms with E-state index in [1.165, 1.54) is 11.1 Å². The van der Waals surface area contributed by atoms with E-state index in [0.29, 0.717) is 11.5 Å². The first-order valence-electron chi connectivity index (χ1n) is 7.88. The zero-order valence-corrected chi connectivity index (χ0v) is 13.4. The molecule has 0 aliphatic heterocycles. The van der Waals surface area contributed by atoms with E-state index in [9.17, 15) is 9.90 Å². The number of aromatic nitrogens is 1. The standard InChI is InChI=1S/C18H25NO2/c1-5-7-8-19-11-13(6-2)16-10-14(18(20)21)9-15(12(3)4)17(16)19/h9-12H,5-8H2,1-4H3,(H,20,21). The van der Waals surface area contributed by atoms with Crippen LogP contribution in [0.2, 0.25) is 0 Å². The number of carboxylic acid groups (broad SMARTS) is 1. The molecule has 0 radical (unpaired) electrons. The van der Waals surface area contributed by atoms with Crippen LogP contribution in [0.1, 0.15) is 67.9 Å². The van der Waals surface area contributed by atoms with E-state index in [2.05, 4.69) is 38.5 Å². The molecule has 0 saturated heterocycles. The van der Waals surface area contributed by atoms with Crippen LogP contribution in [-0.4, -0.2) is 15.6 Å². The van der Waals surface area contributed by atoms with Gasteiger partial charge in [0.15, 0.2) is 0 Å². The van der Waals surface area contributed by atoms with Gasteiger partial charge in [-0.25, -0.2) is 4.79 Å². The highest BCUT2D eigenvalue weighted by Crippen LogP contribution is 2.31. The first kappa shape index (κ1) is 15.6. The first-order chi connectivity index (χ1) is 9.99. The van der Waals surface area contributed by atoms with Crippen LogP contribution in [0.5, 0.6) is 0 Å². The average Bonchev–Trinajstić information content (AvgIpc) is 2.81. The highest BCUT2D eigenvalue weighted by atomic mass is 16.4. The zero-order valence-electron chi connectivity index (χ0n) is 13.4. The molecule has 2 aromatic rings. The van der Waals surface area contributed by atoms with Crippen LogP contribution in [0.25, 0.3) is 10.9 Å². The summed E-state index contributed by atoms with van der Waals surface area (Å²) in [6.45, 7) is 9.57. The molecule has 2 rings (SSSR count). The van der Waals surface area contributed by atoms with Gasteiger partial charge in [0.1, 0.15) is 0 Å². The molecule has 0 spiro atoms. The molecular weight excluding hydrogens is 262 g/mol. The molecular formula is C18H25NO2. The Morgan fingerprint density at radius 1 is 1.29 bits per heavy atom. The van der Waals surface area contributed by atoms with Crippen molar-refractivity contribution in [2.45, 2.75) is 59.4 Å². The lowest BCUT2D eigenvalue weighted by Gasteiger charge is -2.13. The van der Waals surface area contributed by atoms with Crippen molar-refractivity contribution in [2.24, 2.45) is 0 Å². The van der Waals surface area contributed by atoms with Crippen LogP contribution in [0.15, 0.2) is 18.3 Å². The number of hydrogen-bond acceptors (Lipinski definition) is 1. The number of rotatable bonds is 6. The molecule has 0 atom stereocenters. The van der Waals surface area contributed by atoms with Crippen LogP contribution in [0, 0.1) is 0 Å². The van der Waals surface area contributed by atoms with Crippen LogP contribution in [-0.2, 0) is 13.0 Å².